The van der Waals surface area contributed by atoms with Crippen molar-refractivity contribution in [2.75, 3.05) is 5.32 Å². The predicted molar refractivity (Wildman–Crippen MR) is 59.4 cm³/mol. The molecule has 0 fully saturated rings. The van der Waals surface area contributed by atoms with Crippen LogP contribution in [-0.4, -0.2) is 5.91 Å². The van der Waals surface area contributed by atoms with Crippen LogP contribution in [0.3, 0.4) is 0 Å². The van der Waals surface area contributed by atoms with Crippen molar-refractivity contribution < 1.29 is 4.79 Å². The molecular formula is C12H15NO. The van der Waals surface area contributed by atoms with E-state index in [1.54, 1.807) is 0 Å². The summed E-state index contributed by atoms with van der Waals surface area (Å²) in [7, 11) is 0. The van der Waals surface area contributed by atoms with Crippen molar-refractivity contribution >= 4 is 11.6 Å². The average Bonchev–Trinajstić information content (AvgIpc) is 2.18. The summed E-state index contributed by atoms with van der Waals surface area (Å²) < 4.78 is 0. The van der Waals surface area contributed by atoms with Crippen LogP contribution in [0.4, 0.5) is 5.69 Å². The molecule has 0 unspecified atom stereocenters. The molecule has 1 rings (SSSR count). The van der Waals surface area contributed by atoms with Gasteiger partial charge in [-0.3, -0.25) is 4.79 Å². The number of benzene rings is 1. The highest BCUT2D eigenvalue weighted by Gasteiger charge is 2.01. The van der Waals surface area contributed by atoms with Gasteiger partial charge in [-0.05, 0) is 29.7 Å². The summed E-state index contributed by atoms with van der Waals surface area (Å²) in [6, 6.07) is 7.83. The fourth-order valence-electron chi connectivity index (χ4n) is 1.17. The first-order valence-corrected chi connectivity index (χ1v) is 4.67. The van der Waals surface area contributed by atoms with Crippen LogP contribution in [-0.2, 0) is 4.79 Å². The molecule has 0 heterocycles. The Balaban J connectivity index is 2.83. The van der Waals surface area contributed by atoms with Crippen LogP contribution >= 0.6 is 0 Å². The van der Waals surface area contributed by atoms with Gasteiger partial charge in [0.15, 0.2) is 0 Å². The number of carbonyl (C=O) groups excluding carboxylic acids is 1. The number of anilines is 1. The zero-order valence-electron chi connectivity index (χ0n) is 8.58. The van der Waals surface area contributed by atoms with Crippen LogP contribution in [0.25, 0.3) is 0 Å². The molecule has 14 heavy (non-hydrogen) atoms. The predicted octanol–water partition coefficient (Wildman–Crippen LogP) is 2.93. The smallest absolute Gasteiger partial charge is 0.247 e. The van der Waals surface area contributed by atoms with E-state index in [1.165, 1.54) is 11.6 Å². The first kappa shape index (κ1) is 10.5. The van der Waals surface area contributed by atoms with Crippen LogP contribution in [0, 0.1) is 0 Å². The van der Waals surface area contributed by atoms with Gasteiger partial charge in [-0.2, -0.15) is 0 Å². The Morgan fingerprint density at radius 3 is 2.79 bits per heavy atom. The van der Waals surface area contributed by atoms with E-state index < -0.39 is 0 Å². The number of carbonyl (C=O) groups is 1. The molecule has 0 atom stereocenters. The van der Waals surface area contributed by atoms with E-state index in [1.807, 2.05) is 24.3 Å². The van der Waals surface area contributed by atoms with Gasteiger partial charge < -0.3 is 5.32 Å². The summed E-state index contributed by atoms with van der Waals surface area (Å²) in [5.41, 5.74) is 2.04. The fourth-order valence-corrected chi connectivity index (χ4v) is 1.17. The van der Waals surface area contributed by atoms with E-state index in [-0.39, 0.29) is 5.91 Å². The summed E-state index contributed by atoms with van der Waals surface area (Å²) >= 11 is 0. The Hall–Kier alpha value is -1.57. The molecular weight excluding hydrogens is 174 g/mol. The molecule has 1 N–H and O–H groups in total. The van der Waals surface area contributed by atoms with Gasteiger partial charge in [0.2, 0.25) is 5.91 Å². The normalized spacial score (nSPS) is 9.93. The van der Waals surface area contributed by atoms with Gasteiger partial charge in [0.1, 0.15) is 0 Å². The molecule has 2 nitrogen and oxygen atoms in total. The maximum absolute atomic E-state index is 11.0. The van der Waals surface area contributed by atoms with Crippen molar-refractivity contribution in [1.29, 1.82) is 0 Å². The summed E-state index contributed by atoms with van der Waals surface area (Å²) in [6.45, 7) is 7.64. The Morgan fingerprint density at radius 2 is 2.21 bits per heavy atom. The summed E-state index contributed by atoms with van der Waals surface area (Å²) in [6.07, 6.45) is 1.27. The highest BCUT2D eigenvalue weighted by Crippen LogP contribution is 2.18. The first-order valence-electron chi connectivity index (χ1n) is 4.67. The molecule has 0 aliphatic carbocycles. The SMILES string of the molecule is C=CC(=O)Nc1cccc(C(C)C)c1. The van der Waals surface area contributed by atoms with Gasteiger partial charge in [0, 0.05) is 5.69 Å². The highest BCUT2D eigenvalue weighted by atomic mass is 16.1. The minimum absolute atomic E-state index is 0.175. The molecule has 0 saturated heterocycles. The van der Waals surface area contributed by atoms with Crippen molar-refractivity contribution in [3.63, 3.8) is 0 Å². The average molecular weight is 189 g/mol. The summed E-state index contributed by atoms with van der Waals surface area (Å²) in [5.74, 6) is 0.293. The van der Waals surface area contributed by atoms with E-state index in [2.05, 4.69) is 25.7 Å². The number of amides is 1. The van der Waals surface area contributed by atoms with Crippen molar-refractivity contribution in [2.24, 2.45) is 0 Å². The Kier molecular flexibility index (Phi) is 3.46. The van der Waals surface area contributed by atoms with Crippen LogP contribution in [0.2, 0.25) is 0 Å². The quantitative estimate of drug-likeness (QED) is 0.728. The van der Waals surface area contributed by atoms with Crippen molar-refractivity contribution in [3.8, 4) is 0 Å². The molecule has 1 aromatic carbocycles. The molecule has 1 aromatic rings. The number of rotatable bonds is 3. The third-order valence-corrected chi connectivity index (χ3v) is 2.01. The monoisotopic (exact) mass is 189 g/mol. The lowest BCUT2D eigenvalue weighted by Crippen LogP contribution is -2.07. The number of hydrogen-bond acceptors (Lipinski definition) is 1. The number of nitrogens with one attached hydrogen (secondary N) is 1. The van der Waals surface area contributed by atoms with Crippen LogP contribution in [0.1, 0.15) is 25.3 Å². The van der Waals surface area contributed by atoms with E-state index in [0.717, 1.165) is 5.69 Å². The van der Waals surface area contributed by atoms with Gasteiger partial charge in [-0.25, -0.2) is 0 Å². The zero-order chi connectivity index (χ0) is 10.6. The molecule has 0 spiro atoms. The number of hydrogen-bond donors (Lipinski definition) is 1. The van der Waals surface area contributed by atoms with Gasteiger partial charge in [0.25, 0.3) is 0 Å². The van der Waals surface area contributed by atoms with Gasteiger partial charge in [-0.15, -0.1) is 0 Å². The molecule has 0 saturated carbocycles. The summed E-state index contributed by atoms with van der Waals surface area (Å²) in [5, 5.41) is 2.73. The van der Waals surface area contributed by atoms with E-state index in [4.69, 9.17) is 0 Å². The largest absolute Gasteiger partial charge is 0.323 e. The fraction of sp³-hybridized carbons (Fsp3) is 0.250. The molecule has 2 heteroatoms. The minimum atomic E-state index is -0.175. The third kappa shape index (κ3) is 2.73. The standard InChI is InChI=1S/C12H15NO/c1-4-12(14)13-11-7-5-6-10(8-11)9(2)3/h4-9H,1H2,2-3H3,(H,13,14). The topological polar surface area (TPSA) is 29.1 Å². The van der Waals surface area contributed by atoms with Crippen molar-refractivity contribution in [3.05, 3.63) is 42.5 Å². The van der Waals surface area contributed by atoms with Crippen LogP contribution in [0.5, 0.6) is 0 Å². The minimum Gasteiger partial charge on any atom is -0.323 e. The highest BCUT2D eigenvalue weighted by molar-refractivity contribution is 5.98. The van der Waals surface area contributed by atoms with Crippen LogP contribution < -0.4 is 5.32 Å². The lowest BCUT2D eigenvalue weighted by molar-refractivity contribution is -0.111. The van der Waals surface area contributed by atoms with Gasteiger partial charge in [-0.1, -0.05) is 32.6 Å². The lowest BCUT2D eigenvalue weighted by Gasteiger charge is -2.08. The molecule has 1 amide bonds. The molecule has 74 valence electrons. The second-order valence-electron chi connectivity index (χ2n) is 3.47. The van der Waals surface area contributed by atoms with E-state index in [9.17, 15) is 4.79 Å². The molecule has 0 radical (unpaired) electrons. The lowest BCUT2D eigenvalue weighted by atomic mass is 10.0. The maximum atomic E-state index is 11.0. The van der Waals surface area contributed by atoms with E-state index in [0.29, 0.717) is 5.92 Å². The maximum Gasteiger partial charge on any atom is 0.247 e. The molecule has 0 aliphatic rings. The van der Waals surface area contributed by atoms with Crippen LogP contribution in [0.15, 0.2) is 36.9 Å². The van der Waals surface area contributed by atoms with Gasteiger partial charge >= 0.3 is 0 Å². The first-order chi connectivity index (χ1) is 6.63. The summed E-state index contributed by atoms with van der Waals surface area (Å²) in [4.78, 5) is 11.0. The second kappa shape index (κ2) is 4.61. The Morgan fingerprint density at radius 1 is 1.50 bits per heavy atom. The molecule has 0 bridgehead atoms. The third-order valence-electron chi connectivity index (χ3n) is 2.01. The Labute approximate surface area is 84.6 Å². The Bertz CT molecular complexity index is 342. The van der Waals surface area contributed by atoms with E-state index >= 15 is 0 Å². The van der Waals surface area contributed by atoms with Crippen molar-refractivity contribution in [2.45, 2.75) is 19.8 Å². The molecule has 0 aromatic heterocycles. The second-order valence-corrected chi connectivity index (χ2v) is 3.47. The zero-order valence-corrected chi connectivity index (χ0v) is 8.58. The van der Waals surface area contributed by atoms with Gasteiger partial charge in [0.05, 0.1) is 0 Å². The van der Waals surface area contributed by atoms with Crippen molar-refractivity contribution in [1.82, 2.24) is 0 Å². The molecule has 0 aliphatic heterocycles.